The van der Waals surface area contributed by atoms with Crippen LogP contribution in [0.4, 0.5) is 0 Å². The fourth-order valence-electron chi connectivity index (χ4n) is 4.51. The van der Waals surface area contributed by atoms with Crippen LogP contribution >= 0.6 is 0 Å². The van der Waals surface area contributed by atoms with Gasteiger partial charge in [-0.25, -0.2) is 4.79 Å². The lowest BCUT2D eigenvalue weighted by Crippen LogP contribution is -2.76. The molecule has 0 spiro atoms. The Hall–Kier alpha value is -1.71. The third kappa shape index (κ3) is 4.28. The Morgan fingerprint density at radius 1 is 0.818 bits per heavy atom. The standard InChI is InChI=1S/C21H30O12/c1-8-12(24)14(26)16(28)18(32-8)20(30)6-5-10(3-4-11(22)23)7-21(20,31)19-17(29)15(27)13(25)9(2)33-19/h3-9,12-19,24-31H,1-2H3,(H,22,23)/b4-3+/t8-,9-,12+,13+,14+,15+,16-,17-,18?,19?,20?,21?/m0/s1. The molecule has 9 N–H and O–H groups in total. The van der Waals surface area contributed by atoms with Crippen molar-refractivity contribution in [2.45, 2.75) is 86.1 Å². The Morgan fingerprint density at radius 2 is 1.27 bits per heavy atom. The molecule has 2 saturated heterocycles. The van der Waals surface area contributed by atoms with Gasteiger partial charge in [-0.3, -0.25) is 0 Å². The predicted octanol–water partition coefficient (Wildman–Crippen LogP) is -3.67. The monoisotopic (exact) mass is 474 g/mol. The average molecular weight is 474 g/mol. The number of aliphatic hydroxyl groups is 8. The highest BCUT2D eigenvalue weighted by atomic mass is 16.6. The van der Waals surface area contributed by atoms with Crippen LogP contribution in [-0.4, -0.2) is 124 Å². The Bertz CT molecular complexity index is 841. The number of carbonyl (C=O) groups is 1. The molecule has 3 aliphatic rings. The van der Waals surface area contributed by atoms with Crippen LogP contribution in [-0.2, 0) is 14.3 Å². The van der Waals surface area contributed by atoms with Gasteiger partial charge in [-0.05, 0) is 37.6 Å². The fourth-order valence-corrected chi connectivity index (χ4v) is 4.51. The summed E-state index contributed by atoms with van der Waals surface area (Å²) in [7, 11) is 0. The Morgan fingerprint density at radius 3 is 1.73 bits per heavy atom. The van der Waals surface area contributed by atoms with Crippen LogP contribution in [0.25, 0.3) is 0 Å². The number of carboxylic acid groups (broad SMARTS) is 1. The second-order valence-electron chi connectivity index (χ2n) is 8.77. The first-order chi connectivity index (χ1) is 15.2. The second kappa shape index (κ2) is 9.15. The van der Waals surface area contributed by atoms with Gasteiger partial charge in [0.05, 0.1) is 12.2 Å². The van der Waals surface area contributed by atoms with Crippen molar-refractivity contribution in [1.82, 2.24) is 0 Å². The maximum Gasteiger partial charge on any atom is 0.328 e. The molecule has 0 radical (unpaired) electrons. The van der Waals surface area contributed by atoms with Crippen LogP contribution < -0.4 is 0 Å². The normalized spacial score (nSPS) is 50.9. The molecule has 0 aromatic heterocycles. The topological polar surface area (TPSA) is 218 Å². The van der Waals surface area contributed by atoms with Crippen molar-refractivity contribution in [3.8, 4) is 0 Å². The summed E-state index contributed by atoms with van der Waals surface area (Å²) in [6.45, 7) is 2.73. The lowest BCUT2D eigenvalue weighted by molar-refractivity contribution is -0.314. The molecule has 2 aliphatic heterocycles. The largest absolute Gasteiger partial charge is 0.478 e. The van der Waals surface area contributed by atoms with E-state index in [-0.39, 0.29) is 5.57 Å². The van der Waals surface area contributed by atoms with Gasteiger partial charge >= 0.3 is 5.97 Å². The summed E-state index contributed by atoms with van der Waals surface area (Å²) in [6.07, 6.45) is -11.1. The average Bonchev–Trinajstić information content (AvgIpc) is 2.76. The van der Waals surface area contributed by atoms with Crippen molar-refractivity contribution in [2.24, 2.45) is 0 Å². The Kier molecular flexibility index (Phi) is 7.18. The predicted molar refractivity (Wildman–Crippen MR) is 109 cm³/mol. The molecule has 12 heteroatoms. The second-order valence-corrected chi connectivity index (χ2v) is 8.77. The van der Waals surface area contributed by atoms with Gasteiger partial charge in [-0.2, -0.15) is 0 Å². The Labute approximate surface area is 188 Å². The summed E-state index contributed by atoms with van der Waals surface area (Å²) in [5, 5.41) is 94.1. The maximum atomic E-state index is 11.8. The highest BCUT2D eigenvalue weighted by Crippen LogP contribution is 2.45. The van der Waals surface area contributed by atoms with Gasteiger partial charge < -0.3 is 55.4 Å². The minimum absolute atomic E-state index is 0.0626. The fraction of sp³-hybridized carbons (Fsp3) is 0.667. The number of hydrogen-bond donors (Lipinski definition) is 9. The third-order valence-corrected chi connectivity index (χ3v) is 6.55. The zero-order chi connectivity index (χ0) is 24.9. The molecule has 2 heterocycles. The molecule has 1 aliphatic carbocycles. The van der Waals surface area contributed by atoms with E-state index >= 15 is 0 Å². The molecule has 0 saturated carbocycles. The molecule has 0 aromatic carbocycles. The molecular formula is C21H30O12. The molecule has 186 valence electrons. The lowest BCUT2D eigenvalue weighted by Gasteiger charge is -2.56. The molecule has 0 aromatic rings. The lowest BCUT2D eigenvalue weighted by atomic mass is 9.66. The molecule has 2 fully saturated rings. The summed E-state index contributed by atoms with van der Waals surface area (Å²) < 4.78 is 11.1. The van der Waals surface area contributed by atoms with Gasteiger partial charge in [0.25, 0.3) is 0 Å². The van der Waals surface area contributed by atoms with E-state index in [1.165, 1.54) is 19.9 Å². The number of aliphatic carboxylic acids is 1. The van der Waals surface area contributed by atoms with E-state index in [4.69, 9.17) is 14.6 Å². The van der Waals surface area contributed by atoms with Crippen molar-refractivity contribution in [3.05, 3.63) is 36.0 Å². The van der Waals surface area contributed by atoms with Crippen LogP contribution in [0.2, 0.25) is 0 Å². The number of aliphatic hydroxyl groups excluding tert-OH is 6. The molecule has 0 bridgehead atoms. The van der Waals surface area contributed by atoms with Gasteiger partial charge in [0.1, 0.15) is 60.0 Å². The minimum atomic E-state index is -2.68. The van der Waals surface area contributed by atoms with Crippen molar-refractivity contribution < 1.29 is 60.2 Å². The smallest absolute Gasteiger partial charge is 0.328 e. The first kappa shape index (κ1) is 25.9. The van der Waals surface area contributed by atoms with E-state index in [1.54, 1.807) is 0 Å². The number of allylic oxidation sites excluding steroid dienone is 3. The van der Waals surface area contributed by atoms with E-state index in [1.807, 2.05) is 0 Å². The van der Waals surface area contributed by atoms with E-state index in [0.29, 0.717) is 0 Å². The third-order valence-electron chi connectivity index (χ3n) is 6.55. The summed E-state index contributed by atoms with van der Waals surface area (Å²) in [5.41, 5.74) is -5.23. The van der Waals surface area contributed by atoms with E-state index in [9.17, 15) is 45.6 Å². The van der Waals surface area contributed by atoms with E-state index in [2.05, 4.69) is 0 Å². The zero-order valence-corrected chi connectivity index (χ0v) is 17.9. The van der Waals surface area contributed by atoms with Crippen LogP contribution in [0, 0.1) is 0 Å². The highest BCUT2D eigenvalue weighted by Gasteiger charge is 2.65. The minimum Gasteiger partial charge on any atom is -0.478 e. The Balaban J connectivity index is 2.13. The van der Waals surface area contributed by atoms with E-state index in [0.717, 1.165) is 24.3 Å². The maximum absolute atomic E-state index is 11.8. The summed E-state index contributed by atoms with van der Waals surface area (Å²) in [6, 6.07) is 0. The summed E-state index contributed by atoms with van der Waals surface area (Å²) >= 11 is 0. The van der Waals surface area contributed by atoms with Crippen molar-refractivity contribution >= 4 is 5.97 Å². The highest BCUT2D eigenvalue weighted by molar-refractivity contribution is 5.80. The van der Waals surface area contributed by atoms with Gasteiger partial charge in [-0.1, -0.05) is 6.08 Å². The van der Waals surface area contributed by atoms with Crippen LogP contribution in [0.15, 0.2) is 36.0 Å². The molecule has 12 nitrogen and oxygen atoms in total. The summed E-state index contributed by atoms with van der Waals surface area (Å²) in [5.74, 6) is -1.30. The van der Waals surface area contributed by atoms with E-state index < -0.39 is 78.2 Å². The zero-order valence-electron chi connectivity index (χ0n) is 17.9. The number of carboxylic acids is 1. The van der Waals surface area contributed by atoms with Crippen LogP contribution in [0.5, 0.6) is 0 Å². The van der Waals surface area contributed by atoms with Crippen LogP contribution in [0.1, 0.15) is 13.8 Å². The molecule has 12 atom stereocenters. The SMILES string of the molecule is C[C@@H]1OC(C2(O)C=CC(/C=C/C(=O)O)=CC2(O)C2O[C@@H](C)[C@@H](O)[C@@H](O)[C@@H]2O)[C@@H](O)[C@H](O)[C@@H]1O. The number of rotatable bonds is 4. The number of ether oxygens (including phenoxy) is 2. The van der Waals surface area contributed by atoms with Gasteiger partial charge in [0.2, 0.25) is 0 Å². The van der Waals surface area contributed by atoms with Crippen molar-refractivity contribution in [3.63, 3.8) is 0 Å². The van der Waals surface area contributed by atoms with Gasteiger partial charge in [-0.15, -0.1) is 0 Å². The quantitative estimate of drug-likeness (QED) is 0.180. The van der Waals surface area contributed by atoms with Crippen molar-refractivity contribution in [2.75, 3.05) is 0 Å². The number of hydrogen-bond acceptors (Lipinski definition) is 11. The van der Waals surface area contributed by atoms with Gasteiger partial charge in [0, 0.05) is 6.08 Å². The molecule has 0 amide bonds. The van der Waals surface area contributed by atoms with Crippen LogP contribution in [0.3, 0.4) is 0 Å². The molecule has 4 unspecified atom stereocenters. The first-order valence-corrected chi connectivity index (χ1v) is 10.4. The molecule has 33 heavy (non-hydrogen) atoms. The van der Waals surface area contributed by atoms with Gasteiger partial charge in [0.15, 0.2) is 0 Å². The first-order valence-electron chi connectivity index (χ1n) is 10.4. The van der Waals surface area contributed by atoms with Crippen molar-refractivity contribution in [1.29, 1.82) is 0 Å². The molecular weight excluding hydrogens is 444 g/mol. The summed E-state index contributed by atoms with van der Waals surface area (Å²) in [4.78, 5) is 10.9. The molecule has 3 rings (SSSR count).